The molecule has 1 aliphatic rings. The van der Waals surface area contributed by atoms with Gasteiger partial charge in [0, 0.05) is 19.5 Å². The van der Waals surface area contributed by atoms with Gasteiger partial charge in [0.1, 0.15) is 5.76 Å². The molecule has 0 bridgehead atoms. The highest BCUT2D eigenvalue weighted by Crippen LogP contribution is 2.21. The summed E-state index contributed by atoms with van der Waals surface area (Å²) in [6.07, 6.45) is 2.71. The lowest BCUT2D eigenvalue weighted by Crippen LogP contribution is -2.26. The van der Waals surface area contributed by atoms with Crippen molar-refractivity contribution in [1.82, 2.24) is 4.98 Å². The molecule has 0 saturated heterocycles. The average molecular weight is 208 g/mol. The molecular weight excluding hydrogens is 192 g/mol. The fourth-order valence-corrected chi connectivity index (χ4v) is 1.97. The fourth-order valence-electron chi connectivity index (χ4n) is 1.97. The van der Waals surface area contributed by atoms with Crippen molar-refractivity contribution in [3.63, 3.8) is 0 Å². The summed E-state index contributed by atoms with van der Waals surface area (Å²) in [4.78, 5) is 17.6. The van der Waals surface area contributed by atoms with E-state index in [2.05, 4.69) is 4.98 Å². The Hall–Kier alpha value is -1.32. The van der Waals surface area contributed by atoms with Crippen molar-refractivity contribution in [3.05, 3.63) is 21.7 Å². The van der Waals surface area contributed by atoms with Crippen LogP contribution in [0.15, 0.2) is 9.21 Å². The zero-order valence-electron chi connectivity index (χ0n) is 9.25. The molecule has 0 aliphatic heterocycles. The zero-order valence-corrected chi connectivity index (χ0v) is 9.25. The van der Waals surface area contributed by atoms with Gasteiger partial charge in [-0.2, -0.15) is 4.98 Å². The van der Waals surface area contributed by atoms with Crippen LogP contribution in [0.2, 0.25) is 0 Å². The molecule has 0 radical (unpaired) electrons. The third-order valence-corrected chi connectivity index (χ3v) is 2.87. The van der Waals surface area contributed by atoms with E-state index in [0.717, 1.165) is 43.7 Å². The third-order valence-electron chi connectivity index (χ3n) is 2.87. The van der Waals surface area contributed by atoms with Gasteiger partial charge in [-0.15, -0.1) is 0 Å². The number of rotatable bonds is 3. The van der Waals surface area contributed by atoms with E-state index in [1.165, 1.54) is 0 Å². The predicted molar refractivity (Wildman–Crippen MR) is 58.4 cm³/mol. The second kappa shape index (κ2) is 4.04. The largest absolute Gasteiger partial charge is 0.430 e. The topological polar surface area (TPSA) is 46.3 Å². The summed E-state index contributed by atoms with van der Waals surface area (Å²) in [7, 11) is 0. The van der Waals surface area contributed by atoms with E-state index in [-0.39, 0.29) is 5.56 Å². The molecule has 1 aromatic heterocycles. The molecule has 0 N–H and O–H groups in total. The van der Waals surface area contributed by atoms with Crippen molar-refractivity contribution in [2.75, 3.05) is 18.0 Å². The van der Waals surface area contributed by atoms with Gasteiger partial charge in [0.2, 0.25) is 0 Å². The molecule has 4 heteroatoms. The van der Waals surface area contributed by atoms with Gasteiger partial charge in [-0.25, -0.2) is 0 Å². The Labute approximate surface area is 88.9 Å². The highest BCUT2D eigenvalue weighted by atomic mass is 16.4. The molecule has 0 atom stereocenters. The SMILES string of the molecule is CCN(CC)c1nc(=O)c2c(o1)CCC2. The molecule has 1 aliphatic carbocycles. The maximum absolute atomic E-state index is 11.7. The molecule has 82 valence electrons. The van der Waals surface area contributed by atoms with Gasteiger partial charge >= 0.3 is 6.01 Å². The van der Waals surface area contributed by atoms with E-state index in [9.17, 15) is 4.79 Å². The van der Waals surface area contributed by atoms with Crippen LogP contribution in [0, 0.1) is 0 Å². The first kappa shape index (κ1) is 10.2. The van der Waals surface area contributed by atoms with Gasteiger partial charge in [-0.1, -0.05) is 0 Å². The highest BCUT2D eigenvalue weighted by molar-refractivity contribution is 5.29. The summed E-state index contributed by atoms with van der Waals surface area (Å²) in [6, 6.07) is 0.477. The number of hydrogen-bond acceptors (Lipinski definition) is 4. The van der Waals surface area contributed by atoms with E-state index in [1.54, 1.807) is 0 Å². The Kier molecular flexibility index (Phi) is 2.75. The van der Waals surface area contributed by atoms with Crippen LogP contribution in [-0.2, 0) is 12.8 Å². The molecule has 1 heterocycles. The second-order valence-electron chi connectivity index (χ2n) is 3.73. The summed E-state index contributed by atoms with van der Waals surface area (Å²) < 4.78 is 5.66. The molecule has 0 fully saturated rings. The van der Waals surface area contributed by atoms with Crippen LogP contribution in [0.4, 0.5) is 6.01 Å². The molecule has 1 aromatic rings. The van der Waals surface area contributed by atoms with Crippen LogP contribution >= 0.6 is 0 Å². The van der Waals surface area contributed by atoms with Crippen LogP contribution in [0.3, 0.4) is 0 Å². The minimum atomic E-state index is -0.101. The van der Waals surface area contributed by atoms with Crippen molar-refractivity contribution >= 4 is 6.01 Å². The molecule has 0 saturated carbocycles. The maximum Gasteiger partial charge on any atom is 0.300 e. The predicted octanol–water partition coefficient (Wildman–Crippen LogP) is 1.37. The van der Waals surface area contributed by atoms with Crippen molar-refractivity contribution in [2.24, 2.45) is 0 Å². The third kappa shape index (κ3) is 1.76. The van der Waals surface area contributed by atoms with E-state index in [1.807, 2.05) is 18.7 Å². The number of anilines is 1. The Balaban J connectivity index is 2.43. The van der Waals surface area contributed by atoms with E-state index in [0.29, 0.717) is 6.01 Å². The first-order chi connectivity index (χ1) is 7.26. The van der Waals surface area contributed by atoms with Crippen molar-refractivity contribution < 1.29 is 4.42 Å². The standard InChI is InChI=1S/C11H16N2O2/c1-3-13(4-2)11-12-10(14)8-6-5-7-9(8)15-11/h3-7H2,1-2H3. The quantitative estimate of drug-likeness (QED) is 0.752. The Morgan fingerprint density at radius 3 is 2.73 bits per heavy atom. The molecular formula is C11H16N2O2. The normalized spacial score (nSPS) is 14.0. The Morgan fingerprint density at radius 1 is 1.33 bits per heavy atom. The van der Waals surface area contributed by atoms with E-state index in [4.69, 9.17) is 4.42 Å². The summed E-state index contributed by atoms with van der Waals surface area (Å²) in [6.45, 7) is 5.67. The van der Waals surface area contributed by atoms with Gasteiger partial charge in [0.25, 0.3) is 5.56 Å². The first-order valence-corrected chi connectivity index (χ1v) is 5.54. The summed E-state index contributed by atoms with van der Waals surface area (Å²) >= 11 is 0. The van der Waals surface area contributed by atoms with Gasteiger partial charge in [0.15, 0.2) is 0 Å². The van der Waals surface area contributed by atoms with Crippen molar-refractivity contribution in [2.45, 2.75) is 33.1 Å². The maximum atomic E-state index is 11.7. The molecule has 0 spiro atoms. The monoisotopic (exact) mass is 208 g/mol. The van der Waals surface area contributed by atoms with Crippen molar-refractivity contribution in [1.29, 1.82) is 0 Å². The number of fused-ring (bicyclic) bond motifs is 1. The number of aromatic nitrogens is 1. The van der Waals surface area contributed by atoms with E-state index >= 15 is 0 Å². The summed E-state index contributed by atoms with van der Waals surface area (Å²) in [5, 5.41) is 0. The lowest BCUT2D eigenvalue weighted by molar-refractivity contribution is 0.470. The highest BCUT2D eigenvalue weighted by Gasteiger charge is 2.20. The summed E-state index contributed by atoms with van der Waals surface area (Å²) in [5.41, 5.74) is 0.682. The van der Waals surface area contributed by atoms with Gasteiger partial charge < -0.3 is 9.32 Å². The van der Waals surface area contributed by atoms with Crippen molar-refractivity contribution in [3.8, 4) is 0 Å². The van der Waals surface area contributed by atoms with Crippen LogP contribution in [0.5, 0.6) is 0 Å². The molecule has 0 aromatic carbocycles. The molecule has 0 unspecified atom stereocenters. The van der Waals surface area contributed by atoms with Crippen LogP contribution < -0.4 is 10.5 Å². The molecule has 4 nitrogen and oxygen atoms in total. The Bertz CT molecular complexity index is 408. The molecule has 2 rings (SSSR count). The number of nitrogens with zero attached hydrogens (tertiary/aromatic N) is 2. The summed E-state index contributed by atoms with van der Waals surface area (Å²) in [5.74, 6) is 0.844. The Morgan fingerprint density at radius 2 is 2.07 bits per heavy atom. The van der Waals surface area contributed by atoms with Gasteiger partial charge in [-0.05, 0) is 26.7 Å². The lowest BCUT2D eigenvalue weighted by atomic mass is 10.3. The minimum Gasteiger partial charge on any atom is -0.430 e. The van der Waals surface area contributed by atoms with Crippen LogP contribution in [-0.4, -0.2) is 18.1 Å². The lowest BCUT2D eigenvalue weighted by Gasteiger charge is -2.17. The second-order valence-corrected chi connectivity index (χ2v) is 3.73. The van der Waals surface area contributed by atoms with Gasteiger partial charge in [0.05, 0.1) is 5.56 Å². The number of hydrogen-bond donors (Lipinski definition) is 0. The van der Waals surface area contributed by atoms with Crippen LogP contribution in [0.1, 0.15) is 31.6 Å². The van der Waals surface area contributed by atoms with Gasteiger partial charge in [-0.3, -0.25) is 4.79 Å². The van der Waals surface area contributed by atoms with Crippen LogP contribution in [0.25, 0.3) is 0 Å². The number of aryl methyl sites for hydroxylation is 1. The first-order valence-electron chi connectivity index (χ1n) is 5.54. The van der Waals surface area contributed by atoms with E-state index < -0.39 is 0 Å². The molecule has 15 heavy (non-hydrogen) atoms. The molecule has 0 amide bonds. The zero-order chi connectivity index (χ0) is 10.8. The fraction of sp³-hybridized carbons (Fsp3) is 0.636. The smallest absolute Gasteiger partial charge is 0.300 e. The average Bonchev–Trinajstić information content (AvgIpc) is 2.68. The minimum absolute atomic E-state index is 0.101.